The molecule has 0 aliphatic heterocycles. The molecule has 1 aromatic rings. The molecule has 0 bridgehead atoms. The van der Waals surface area contributed by atoms with Crippen LogP contribution in [0.4, 0.5) is 0 Å². The largest absolute Gasteiger partial charge is 0.198 e. The van der Waals surface area contributed by atoms with E-state index in [9.17, 15) is 0 Å². The molecule has 1 aromatic carbocycles. The van der Waals surface area contributed by atoms with Gasteiger partial charge in [-0.15, -0.1) is 0 Å². The minimum atomic E-state index is -0.0522. The maximum atomic E-state index is 9.02. The van der Waals surface area contributed by atoms with Crippen LogP contribution in [-0.2, 0) is 0 Å². The van der Waals surface area contributed by atoms with Crippen molar-refractivity contribution >= 4 is 11.6 Å². The lowest BCUT2D eigenvalue weighted by atomic mass is 9.95. The van der Waals surface area contributed by atoms with Crippen molar-refractivity contribution < 1.29 is 0 Å². The number of nitrogens with zero attached hydrogens (tertiary/aromatic N) is 1. The number of nitriles is 1. The third-order valence-corrected chi connectivity index (χ3v) is 2.63. The number of hydrogen-bond acceptors (Lipinski definition) is 1. The van der Waals surface area contributed by atoms with Crippen LogP contribution < -0.4 is 0 Å². The van der Waals surface area contributed by atoms with Crippen LogP contribution in [0.15, 0.2) is 24.3 Å². The number of benzene rings is 1. The third kappa shape index (κ3) is 2.75. The fraction of sp³-hybridized carbons (Fsp3) is 0.417. The molecule has 1 unspecified atom stereocenters. The van der Waals surface area contributed by atoms with Gasteiger partial charge in [0.05, 0.1) is 12.0 Å². The van der Waals surface area contributed by atoms with E-state index in [1.807, 2.05) is 24.3 Å². The first kappa shape index (κ1) is 11.1. The summed E-state index contributed by atoms with van der Waals surface area (Å²) in [5.74, 6) is -0.0522. The predicted octanol–water partition coefficient (Wildman–Crippen LogP) is 4.14. The Morgan fingerprint density at radius 2 is 2.14 bits per heavy atom. The van der Waals surface area contributed by atoms with Gasteiger partial charge >= 0.3 is 0 Å². The summed E-state index contributed by atoms with van der Waals surface area (Å²) in [6.45, 7) is 2.13. The van der Waals surface area contributed by atoms with Gasteiger partial charge in [-0.2, -0.15) is 5.26 Å². The Kier molecular flexibility index (Phi) is 4.49. The van der Waals surface area contributed by atoms with Gasteiger partial charge in [0.2, 0.25) is 0 Å². The molecule has 0 aliphatic rings. The zero-order valence-corrected chi connectivity index (χ0v) is 9.09. The summed E-state index contributed by atoms with van der Waals surface area (Å²) >= 11 is 6.03. The Hall–Kier alpha value is -1.00. The fourth-order valence-corrected chi connectivity index (χ4v) is 1.72. The first-order valence-corrected chi connectivity index (χ1v) is 5.31. The minimum Gasteiger partial charge on any atom is -0.198 e. The smallest absolute Gasteiger partial charge is 0.0727 e. The quantitative estimate of drug-likeness (QED) is 0.728. The number of halogens is 1. The Morgan fingerprint density at radius 1 is 1.43 bits per heavy atom. The highest BCUT2D eigenvalue weighted by atomic mass is 35.5. The van der Waals surface area contributed by atoms with Gasteiger partial charge in [-0.3, -0.25) is 0 Å². The molecular weight excluding hydrogens is 194 g/mol. The topological polar surface area (TPSA) is 23.8 Å². The van der Waals surface area contributed by atoms with Crippen LogP contribution in [0.2, 0.25) is 5.02 Å². The molecule has 1 nitrogen and oxygen atoms in total. The minimum absolute atomic E-state index is 0.0522. The normalized spacial score (nSPS) is 12.1. The van der Waals surface area contributed by atoms with Crippen LogP contribution in [-0.4, -0.2) is 0 Å². The van der Waals surface area contributed by atoms with Crippen LogP contribution in [0.1, 0.15) is 37.7 Å². The van der Waals surface area contributed by atoms with Gasteiger partial charge in [-0.25, -0.2) is 0 Å². The zero-order valence-electron chi connectivity index (χ0n) is 8.33. The fourth-order valence-electron chi connectivity index (χ4n) is 1.46. The Balaban J connectivity index is 2.80. The summed E-state index contributed by atoms with van der Waals surface area (Å²) < 4.78 is 0. The van der Waals surface area contributed by atoms with Crippen LogP contribution in [0.3, 0.4) is 0 Å². The molecular formula is C12H14ClN. The highest BCUT2D eigenvalue weighted by Gasteiger charge is 2.12. The molecule has 0 aliphatic carbocycles. The molecule has 1 rings (SSSR count). The Labute approximate surface area is 90.3 Å². The summed E-state index contributed by atoms with van der Waals surface area (Å²) in [7, 11) is 0. The van der Waals surface area contributed by atoms with E-state index in [0.717, 1.165) is 24.8 Å². The molecule has 0 saturated heterocycles. The van der Waals surface area contributed by atoms with Crippen LogP contribution >= 0.6 is 11.6 Å². The van der Waals surface area contributed by atoms with E-state index in [0.29, 0.717) is 5.02 Å². The van der Waals surface area contributed by atoms with Crippen molar-refractivity contribution in [1.29, 1.82) is 5.26 Å². The lowest BCUT2D eigenvalue weighted by molar-refractivity contribution is 0.671. The van der Waals surface area contributed by atoms with Crippen molar-refractivity contribution in [3.8, 4) is 6.07 Å². The molecule has 2 heteroatoms. The Bertz CT molecular complexity index is 327. The van der Waals surface area contributed by atoms with Crippen molar-refractivity contribution in [2.75, 3.05) is 0 Å². The van der Waals surface area contributed by atoms with Crippen molar-refractivity contribution in [1.82, 2.24) is 0 Å². The van der Waals surface area contributed by atoms with Gasteiger partial charge in [-0.05, 0) is 18.1 Å². The van der Waals surface area contributed by atoms with Gasteiger partial charge < -0.3 is 0 Å². The van der Waals surface area contributed by atoms with E-state index < -0.39 is 0 Å². The van der Waals surface area contributed by atoms with Crippen molar-refractivity contribution in [2.24, 2.45) is 0 Å². The highest BCUT2D eigenvalue weighted by Crippen LogP contribution is 2.27. The summed E-state index contributed by atoms with van der Waals surface area (Å²) in [5, 5.41) is 9.73. The molecule has 0 fully saturated rings. The maximum absolute atomic E-state index is 9.02. The number of unbranched alkanes of at least 4 members (excludes halogenated alkanes) is 1. The second kappa shape index (κ2) is 5.67. The summed E-state index contributed by atoms with van der Waals surface area (Å²) in [5.41, 5.74) is 0.963. The van der Waals surface area contributed by atoms with Crippen molar-refractivity contribution in [3.63, 3.8) is 0 Å². The number of hydrogen-bond donors (Lipinski definition) is 0. The highest BCUT2D eigenvalue weighted by molar-refractivity contribution is 6.31. The van der Waals surface area contributed by atoms with E-state index in [1.54, 1.807) is 0 Å². The molecule has 0 aromatic heterocycles. The van der Waals surface area contributed by atoms with Crippen LogP contribution in [0, 0.1) is 11.3 Å². The first-order chi connectivity index (χ1) is 6.79. The molecule has 1 atom stereocenters. The molecule has 0 spiro atoms. The second-order valence-corrected chi connectivity index (χ2v) is 3.75. The van der Waals surface area contributed by atoms with Crippen LogP contribution in [0.5, 0.6) is 0 Å². The summed E-state index contributed by atoms with van der Waals surface area (Å²) in [4.78, 5) is 0. The average molecular weight is 208 g/mol. The second-order valence-electron chi connectivity index (χ2n) is 3.35. The van der Waals surface area contributed by atoms with E-state index >= 15 is 0 Å². The molecule has 0 saturated carbocycles. The lowest BCUT2D eigenvalue weighted by Gasteiger charge is -2.09. The van der Waals surface area contributed by atoms with Gasteiger partial charge in [-0.1, -0.05) is 49.6 Å². The van der Waals surface area contributed by atoms with Gasteiger partial charge in [0.15, 0.2) is 0 Å². The summed E-state index contributed by atoms with van der Waals surface area (Å²) in [6, 6.07) is 9.90. The lowest BCUT2D eigenvalue weighted by Crippen LogP contribution is -1.96. The average Bonchev–Trinajstić information content (AvgIpc) is 2.21. The number of rotatable bonds is 4. The molecule has 74 valence electrons. The molecule has 0 N–H and O–H groups in total. The van der Waals surface area contributed by atoms with Gasteiger partial charge in [0.1, 0.15) is 0 Å². The van der Waals surface area contributed by atoms with E-state index in [-0.39, 0.29) is 5.92 Å². The van der Waals surface area contributed by atoms with Crippen LogP contribution in [0.25, 0.3) is 0 Å². The van der Waals surface area contributed by atoms with Crippen molar-refractivity contribution in [2.45, 2.75) is 32.1 Å². The zero-order chi connectivity index (χ0) is 10.4. The molecule has 14 heavy (non-hydrogen) atoms. The Morgan fingerprint density at radius 3 is 2.71 bits per heavy atom. The molecule has 0 amide bonds. The predicted molar refractivity (Wildman–Crippen MR) is 59.3 cm³/mol. The third-order valence-electron chi connectivity index (χ3n) is 2.28. The molecule has 0 radical (unpaired) electrons. The van der Waals surface area contributed by atoms with Gasteiger partial charge in [0, 0.05) is 5.02 Å². The van der Waals surface area contributed by atoms with E-state index in [1.165, 1.54) is 0 Å². The molecule has 0 heterocycles. The SMILES string of the molecule is CCCCC(C#N)c1ccccc1Cl. The van der Waals surface area contributed by atoms with Crippen molar-refractivity contribution in [3.05, 3.63) is 34.9 Å². The van der Waals surface area contributed by atoms with E-state index in [4.69, 9.17) is 16.9 Å². The maximum Gasteiger partial charge on any atom is 0.0727 e. The van der Waals surface area contributed by atoms with E-state index in [2.05, 4.69) is 13.0 Å². The monoisotopic (exact) mass is 207 g/mol. The standard InChI is InChI=1S/C12H14ClN/c1-2-3-6-10(9-14)11-7-4-5-8-12(11)13/h4-5,7-8,10H,2-3,6H2,1H3. The van der Waals surface area contributed by atoms with Gasteiger partial charge in [0.25, 0.3) is 0 Å². The first-order valence-electron chi connectivity index (χ1n) is 4.93. The summed E-state index contributed by atoms with van der Waals surface area (Å²) in [6.07, 6.45) is 3.09.